The molecular formula is C8H13N3O3. The van der Waals surface area contributed by atoms with Gasteiger partial charge in [-0.15, -0.1) is 0 Å². The van der Waals surface area contributed by atoms with Crippen LogP contribution in [0.4, 0.5) is 0 Å². The lowest BCUT2D eigenvalue weighted by molar-refractivity contribution is -0.145. The van der Waals surface area contributed by atoms with Crippen molar-refractivity contribution in [3.8, 4) is 0 Å². The molecule has 1 aliphatic rings. The van der Waals surface area contributed by atoms with E-state index in [0.717, 1.165) is 0 Å². The maximum absolute atomic E-state index is 11.4. The van der Waals surface area contributed by atoms with E-state index in [1.807, 2.05) is 0 Å². The Morgan fingerprint density at radius 1 is 1.50 bits per heavy atom. The molecule has 1 unspecified atom stereocenters. The highest BCUT2D eigenvalue weighted by atomic mass is 16.2. The molecule has 3 N–H and O–H groups in total. The predicted molar refractivity (Wildman–Crippen MR) is 48.0 cm³/mol. The Hall–Kier alpha value is -1.43. The van der Waals surface area contributed by atoms with Gasteiger partial charge in [0.25, 0.3) is 0 Å². The Morgan fingerprint density at radius 2 is 2.00 bits per heavy atom. The molecule has 3 amide bonds. The van der Waals surface area contributed by atoms with Gasteiger partial charge >= 0.3 is 0 Å². The fraction of sp³-hybridized carbons (Fsp3) is 0.625. The maximum Gasteiger partial charge on any atom is 0.246 e. The summed E-state index contributed by atoms with van der Waals surface area (Å²) in [5.74, 6) is -1.15. The van der Waals surface area contributed by atoms with Crippen molar-refractivity contribution in [2.75, 3.05) is 13.1 Å². The minimum absolute atomic E-state index is 0.0582. The van der Waals surface area contributed by atoms with Crippen LogP contribution < -0.4 is 11.1 Å². The molecule has 1 heterocycles. The van der Waals surface area contributed by atoms with E-state index < -0.39 is 11.8 Å². The van der Waals surface area contributed by atoms with Gasteiger partial charge in [0.1, 0.15) is 13.1 Å². The van der Waals surface area contributed by atoms with Gasteiger partial charge in [0.15, 0.2) is 0 Å². The average Bonchev–Trinajstić information content (AvgIpc) is 2.00. The van der Waals surface area contributed by atoms with E-state index in [1.54, 1.807) is 6.92 Å². The molecule has 1 fully saturated rings. The number of hydrogen-bond donors (Lipinski definition) is 2. The minimum atomic E-state index is -0.445. The number of imide groups is 1. The molecule has 1 aliphatic heterocycles. The molecule has 1 atom stereocenters. The van der Waals surface area contributed by atoms with E-state index in [-0.39, 0.29) is 31.5 Å². The van der Waals surface area contributed by atoms with Crippen LogP contribution in [0.15, 0.2) is 0 Å². The lowest BCUT2D eigenvalue weighted by Crippen LogP contribution is -2.53. The lowest BCUT2D eigenvalue weighted by Gasteiger charge is -2.25. The van der Waals surface area contributed by atoms with Crippen LogP contribution in [0.1, 0.15) is 13.3 Å². The minimum Gasteiger partial charge on any atom is -0.327 e. The van der Waals surface area contributed by atoms with Gasteiger partial charge in [0, 0.05) is 12.5 Å². The van der Waals surface area contributed by atoms with E-state index in [4.69, 9.17) is 5.73 Å². The summed E-state index contributed by atoms with van der Waals surface area (Å²) in [4.78, 5) is 34.5. The van der Waals surface area contributed by atoms with E-state index in [2.05, 4.69) is 5.32 Å². The molecule has 0 aromatic rings. The quantitative estimate of drug-likeness (QED) is 0.514. The topological polar surface area (TPSA) is 92.5 Å². The highest BCUT2D eigenvalue weighted by molar-refractivity contribution is 6.02. The summed E-state index contributed by atoms with van der Waals surface area (Å²) >= 11 is 0. The smallest absolute Gasteiger partial charge is 0.246 e. The summed E-state index contributed by atoms with van der Waals surface area (Å²) in [7, 11) is 0. The fourth-order valence-electron chi connectivity index (χ4n) is 1.22. The second-order valence-electron chi connectivity index (χ2n) is 3.40. The van der Waals surface area contributed by atoms with E-state index in [1.165, 1.54) is 4.90 Å². The first-order valence-electron chi connectivity index (χ1n) is 4.35. The van der Waals surface area contributed by atoms with Gasteiger partial charge in [0.2, 0.25) is 17.7 Å². The largest absolute Gasteiger partial charge is 0.327 e. The van der Waals surface area contributed by atoms with Crippen molar-refractivity contribution in [2.24, 2.45) is 5.73 Å². The molecule has 14 heavy (non-hydrogen) atoms. The van der Waals surface area contributed by atoms with Crippen molar-refractivity contribution in [3.63, 3.8) is 0 Å². The normalized spacial score (nSPS) is 19.1. The Morgan fingerprint density at radius 3 is 2.43 bits per heavy atom. The molecule has 1 rings (SSSR count). The van der Waals surface area contributed by atoms with Gasteiger partial charge in [0.05, 0.1) is 0 Å². The molecule has 1 saturated heterocycles. The van der Waals surface area contributed by atoms with Gasteiger partial charge in [-0.3, -0.25) is 19.7 Å². The second kappa shape index (κ2) is 4.19. The second-order valence-corrected chi connectivity index (χ2v) is 3.40. The molecule has 0 aromatic heterocycles. The van der Waals surface area contributed by atoms with Gasteiger partial charge in [-0.05, 0) is 6.92 Å². The zero-order valence-electron chi connectivity index (χ0n) is 7.95. The summed E-state index contributed by atoms with van der Waals surface area (Å²) in [5, 5.41) is 2.11. The van der Waals surface area contributed by atoms with Crippen molar-refractivity contribution in [2.45, 2.75) is 19.4 Å². The third kappa shape index (κ3) is 2.81. The van der Waals surface area contributed by atoms with E-state index >= 15 is 0 Å². The summed E-state index contributed by atoms with van der Waals surface area (Å²) in [6.07, 6.45) is 0.153. The molecule has 0 saturated carbocycles. The monoisotopic (exact) mass is 199 g/mol. The number of nitrogens with one attached hydrogen (secondary N) is 1. The van der Waals surface area contributed by atoms with Crippen molar-refractivity contribution < 1.29 is 14.4 Å². The summed E-state index contributed by atoms with van der Waals surface area (Å²) in [6.45, 7) is 1.58. The van der Waals surface area contributed by atoms with E-state index in [0.29, 0.717) is 0 Å². The van der Waals surface area contributed by atoms with Crippen molar-refractivity contribution in [3.05, 3.63) is 0 Å². The van der Waals surface area contributed by atoms with Crippen LogP contribution in [-0.2, 0) is 14.4 Å². The first kappa shape index (κ1) is 10.6. The number of piperazine rings is 1. The third-order valence-electron chi connectivity index (χ3n) is 1.80. The Bertz CT molecular complexity index is 259. The first-order valence-corrected chi connectivity index (χ1v) is 4.35. The van der Waals surface area contributed by atoms with Crippen molar-refractivity contribution >= 4 is 17.7 Å². The van der Waals surface area contributed by atoms with Gasteiger partial charge < -0.3 is 10.6 Å². The number of amides is 3. The van der Waals surface area contributed by atoms with E-state index in [9.17, 15) is 14.4 Å². The molecule has 0 radical (unpaired) electrons. The van der Waals surface area contributed by atoms with Crippen LogP contribution in [0, 0.1) is 0 Å². The number of rotatable bonds is 2. The maximum atomic E-state index is 11.4. The highest BCUT2D eigenvalue weighted by Gasteiger charge is 2.26. The standard InChI is InChI=1S/C8H13N3O3/c1-5(9)2-8(14)11-3-6(12)10-7(13)4-11/h5H,2-4,9H2,1H3,(H,10,12,13). The molecule has 0 bridgehead atoms. The summed E-state index contributed by atoms with van der Waals surface area (Å²) in [6, 6.07) is -0.261. The SMILES string of the molecule is CC(N)CC(=O)N1CC(=O)NC(=O)C1. The van der Waals surface area contributed by atoms with Crippen LogP contribution in [0.5, 0.6) is 0 Å². The lowest BCUT2D eigenvalue weighted by atomic mass is 10.2. The number of carbonyl (C=O) groups is 3. The molecular weight excluding hydrogens is 186 g/mol. The van der Waals surface area contributed by atoms with Crippen LogP contribution >= 0.6 is 0 Å². The van der Waals surface area contributed by atoms with Crippen molar-refractivity contribution in [1.82, 2.24) is 10.2 Å². The van der Waals surface area contributed by atoms with Gasteiger partial charge in [-0.1, -0.05) is 0 Å². The Kier molecular flexibility index (Phi) is 3.19. The summed E-state index contributed by atoms with van der Waals surface area (Å²) < 4.78 is 0. The Balaban J connectivity index is 2.55. The number of nitrogens with two attached hydrogens (primary N) is 1. The molecule has 78 valence electrons. The van der Waals surface area contributed by atoms with Crippen LogP contribution in [0.3, 0.4) is 0 Å². The summed E-state index contributed by atoms with van der Waals surface area (Å²) in [5.41, 5.74) is 5.44. The number of hydrogen-bond acceptors (Lipinski definition) is 4. The van der Waals surface area contributed by atoms with Crippen LogP contribution in [-0.4, -0.2) is 41.8 Å². The zero-order chi connectivity index (χ0) is 10.7. The van der Waals surface area contributed by atoms with Crippen LogP contribution in [0.2, 0.25) is 0 Å². The number of nitrogens with zero attached hydrogens (tertiary/aromatic N) is 1. The van der Waals surface area contributed by atoms with Gasteiger partial charge in [-0.25, -0.2) is 0 Å². The third-order valence-corrected chi connectivity index (χ3v) is 1.80. The predicted octanol–water partition coefficient (Wildman–Crippen LogP) is -1.79. The van der Waals surface area contributed by atoms with Crippen molar-refractivity contribution in [1.29, 1.82) is 0 Å². The Labute approximate surface area is 81.4 Å². The highest BCUT2D eigenvalue weighted by Crippen LogP contribution is 2.00. The molecule has 0 spiro atoms. The fourth-order valence-corrected chi connectivity index (χ4v) is 1.22. The van der Waals surface area contributed by atoms with Crippen LogP contribution in [0.25, 0.3) is 0 Å². The molecule has 6 heteroatoms. The zero-order valence-corrected chi connectivity index (χ0v) is 7.95. The van der Waals surface area contributed by atoms with Gasteiger partial charge in [-0.2, -0.15) is 0 Å². The molecule has 6 nitrogen and oxygen atoms in total. The molecule has 0 aromatic carbocycles. The first-order chi connectivity index (χ1) is 6.49. The molecule has 0 aliphatic carbocycles. The number of carbonyl (C=O) groups excluding carboxylic acids is 3. The average molecular weight is 199 g/mol.